The van der Waals surface area contributed by atoms with E-state index in [1.54, 1.807) is 12.1 Å². The number of carbonyl (C=O) groups excluding carboxylic acids is 1. The second-order valence-corrected chi connectivity index (χ2v) is 11.0. The first-order valence-electron chi connectivity index (χ1n) is 10.5. The third-order valence-electron chi connectivity index (χ3n) is 5.46. The lowest BCUT2D eigenvalue weighted by molar-refractivity contribution is 0.0391. The fraction of sp³-hybridized carbons (Fsp3) is 0.364. The molecule has 184 valence electrons. The molecule has 3 aromatic rings. The standard InChI is InChI=1S/C22H25FN4O4S2.ClH/c1-25(2)33(29,30)17-8-6-16(7-9-17)21(28)27(11-10-26-12-14-31-15-13-26)22-24-20-18(23)4-3-5-19(20)32-22;/h3-9H,10-15H2,1-2H3;1H. The Morgan fingerprint density at radius 1 is 1.15 bits per heavy atom. The lowest BCUT2D eigenvalue weighted by Crippen LogP contribution is -2.43. The minimum Gasteiger partial charge on any atom is -0.379 e. The molecule has 1 aliphatic heterocycles. The molecule has 0 atom stereocenters. The van der Waals surface area contributed by atoms with Gasteiger partial charge in [-0.25, -0.2) is 22.1 Å². The molecule has 1 saturated heterocycles. The van der Waals surface area contributed by atoms with Gasteiger partial charge in [0.25, 0.3) is 5.91 Å². The molecule has 8 nitrogen and oxygen atoms in total. The van der Waals surface area contributed by atoms with E-state index >= 15 is 0 Å². The molecule has 1 fully saturated rings. The quantitative estimate of drug-likeness (QED) is 0.468. The van der Waals surface area contributed by atoms with E-state index in [9.17, 15) is 17.6 Å². The molecule has 4 rings (SSSR count). The molecule has 12 heteroatoms. The van der Waals surface area contributed by atoms with Gasteiger partial charge in [-0.1, -0.05) is 17.4 Å². The number of thiazole rings is 1. The minimum absolute atomic E-state index is 0. The molecule has 0 saturated carbocycles. The topological polar surface area (TPSA) is 83.1 Å². The summed E-state index contributed by atoms with van der Waals surface area (Å²) >= 11 is 1.25. The largest absolute Gasteiger partial charge is 0.379 e. The maximum Gasteiger partial charge on any atom is 0.260 e. The number of para-hydroxylation sites is 1. The van der Waals surface area contributed by atoms with Crippen LogP contribution in [0.5, 0.6) is 0 Å². The average Bonchev–Trinajstić information content (AvgIpc) is 3.25. The van der Waals surface area contributed by atoms with Crippen molar-refractivity contribution in [2.24, 2.45) is 0 Å². The zero-order valence-electron chi connectivity index (χ0n) is 18.8. The van der Waals surface area contributed by atoms with E-state index in [4.69, 9.17) is 4.74 Å². The van der Waals surface area contributed by atoms with Crippen molar-refractivity contribution < 1.29 is 22.3 Å². The number of fused-ring (bicyclic) bond motifs is 1. The van der Waals surface area contributed by atoms with E-state index in [1.807, 2.05) is 0 Å². The molecule has 0 unspecified atom stereocenters. The minimum atomic E-state index is -3.60. The van der Waals surface area contributed by atoms with Crippen molar-refractivity contribution in [2.75, 3.05) is 58.4 Å². The van der Waals surface area contributed by atoms with Crippen molar-refractivity contribution >= 4 is 55.0 Å². The smallest absolute Gasteiger partial charge is 0.260 e. The molecule has 2 heterocycles. The van der Waals surface area contributed by atoms with E-state index in [2.05, 4.69) is 9.88 Å². The lowest BCUT2D eigenvalue weighted by atomic mass is 10.2. The number of amides is 1. The highest BCUT2D eigenvalue weighted by Crippen LogP contribution is 2.31. The fourth-order valence-electron chi connectivity index (χ4n) is 3.51. The maximum atomic E-state index is 14.2. The number of anilines is 1. The fourth-order valence-corrected chi connectivity index (χ4v) is 5.41. The van der Waals surface area contributed by atoms with Gasteiger partial charge >= 0.3 is 0 Å². The molecule has 2 aromatic carbocycles. The second kappa shape index (κ2) is 11.1. The maximum absolute atomic E-state index is 14.2. The van der Waals surface area contributed by atoms with Crippen molar-refractivity contribution in [2.45, 2.75) is 4.90 Å². The first-order chi connectivity index (χ1) is 15.8. The molecule has 0 aliphatic carbocycles. The predicted octanol–water partition coefficient (Wildman–Crippen LogP) is 3.09. The lowest BCUT2D eigenvalue weighted by Gasteiger charge is -2.29. The summed E-state index contributed by atoms with van der Waals surface area (Å²) in [6.45, 7) is 3.80. The molecule has 0 spiro atoms. The van der Waals surface area contributed by atoms with Crippen LogP contribution in [0.15, 0.2) is 47.4 Å². The van der Waals surface area contributed by atoms with Crippen LogP contribution < -0.4 is 4.90 Å². The Morgan fingerprint density at radius 2 is 1.82 bits per heavy atom. The highest BCUT2D eigenvalue weighted by atomic mass is 35.5. The van der Waals surface area contributed by atoms with Crippen LogP contribution in [0.25, 0.3) is 10.2 Å². The summed E-state index contributed by atoms with van der Waals surface area (Å²) in [4.78, 5) is 21.7. The van der Waals surface area contributed by atoms with Crippen molar-refractivity contribution in [3.8, 4) is 0 Å². The normalized spacial score (nSPS) is 14.8. The summed E-state index contributed by atoms with van der Waals surface area (Å²) < 4.78 is 46.1. The van der Waals surface area contributed by atoms with Gasteiger partial charge in [0.05, 0.1) is 22.8 Å². The zero-order chi connectivity index (χ0) is 23.6. The summed E-state index contributed by atoms with van der Waals surface area (Å²) in [7, 11) is -0.696. The van der Waals surface area contributed by atoms with Crippen molar-refractivity contribution in [3.05, 3.63) is 53.8 Å². The van der Waals surface area contributed by atoms with E-state index in [0.29, 0.717) is 41.7 Å². The highest BCUT2D eigenvalue weighted by molar-refractivity contribution is 7.89. The molecule has 1 amide bonds. The van der Waals surface area contributed by atoms with Gasteiger partial charge in [-0.2, -0.15) is 0 Å². The Balaban J connectivity index is 0.00000324. The monoisotopic (exact) mass is 528 g/mol. The number of hydrogen-bond acceptors (Lipinski definition) is 7. The van der Waals surface area contributed by atoms with Gasteiger partial charge in [-0.3, -0.25) is 14.6 Å². The van der Waals surface area contributed by atoms with Gasteiger partial charge in [-0.15, -0.1) is 12.4 Å². The number of benzene rings is 2. The van der Waals surface area contributed by atoms with E-state index in [-0.39, 0.29) is 28.7 Å². The Bertz CT molecular complexity index is 1250. The number of sulfonamides is 1. The van der Waals surface area contributed by atoms with Crippen LogP contribution >= 0.6 is 23.7 Å². The number of halogens is 2. The van der Waals surface area contributed by atoms with Crippen molar-refractivity contribution in [1.82, 2.24) is 14.2 Å². The highest BCUT2D eigenvalue weighted by Gasteiger charge is 2.24. The number of nitrogens with zero attached hydrogens (tertiary/aromatic N) is 4. The van der Waals surface area contributed by atoms with Crippen molar-refractivity contribution in [1.29, 1.82) is 0 Å². The molecular weight excluding hydrogens is 503 g/mol. The van der Waals surface area contributed by atoms with Crippen LogP contribution in [0.2, 0.25) is 0 Å². The summed E-state index contributed by atoms with van der Waals surface area (Å²) in [6.07, 6.45) is 0. The van der Waals surface area contributed by atoms with E-state index in [0.717, 1.165) is 17.4 Å². The SMILES string of the molecule is CN(C)S(=O)(=O)c1ccc(C(=O)N(CCN2CCOCC2)c2nc3c(F)cccc3s2)cc1.Cl. The number of hydrogen-bond donors (Lipinski definition) is 0. The van der Waals surface area contributed by atoms with Crippen LogP contribution in [-0.2, 0) is 14.8 Å². The molecule has 1 aromatic heterocycles. The molecule has 1 aliphatic rings. The molecule has 0 radical (unpaired) electrons. The number of morpholine rings is 1. The Hall–Kier alpha value is -2.15. The van der Waals surface area contributed by atoms with Gasteiger partial charge in [-0.05, 0) is 36.4 Å². The summed E-state index contributed by atoms with van der Waals surface area (Å²) in [5, 5.41) is 0.401. The number of rotatable bonds is 7. The van der Waals surface area contributed by atoms with Gasteiger partial charge in [0.2, 0.25) is 10.0 Å². The Morgan fingerprint density at radius 3 is 2.44 bits per heavy atom. The van der Waals surface area contributed by atoms with E-state index < -0.39 is 15.8 Å². The zero-order valence-corrected chi connectivity index (χ0v) is 21.3. The first kappa shape index (κ1) is 26.5. The van der Waals surface area contributed by atoms with Crippen LogP contribution in [-0.4, -0.2) is 82.0 Å². The average molecular weight is 529 g/mol. The van der Waals surface area contributed by atoms with Crippen molar-refractivity contribution in [3.63, 3.8) is 0 Å². The van der Waals surface area contributed by atoms with Gasteiger partial charge in [0.1, 0.15) is 11.3 Å². The molecular formula is C22H26ClFN4O4S2. The van der Waals surface area contributed by atoms with Crippen LogP contribution in [0.4, 0.5) is 9.52 Å². The predicted molar refractivity (Wildman–Crippen MR) is 133 cm³/mol. The summed E-state index contributed by atoms with van der Waals surface area (Å²) in [5.41, 5.74) is 0.559. The number of carbonyl (C=O) groups is 1. The number of aromatic nitrogens is 1. The molecule has 0 bridgehead atoms. The second-order valence-electron chi connectivity index (χ2n) is 7.81. The Labute approximate surface area is 208 Å². The third kappa shape index (κ3) is 5.56. The van der Waals surface area contributed by atoms with Crippen LogP contribution in [0, 0.1) is 5.82 Å². The summed E-state index contributed by atoms with van der Waals surface area (Å²) in [5.74, 6) is -0.759. The van der Waals surface area contributed by atoms with Gasteiger partial charge in [0, 0.05) is 45.8 Å². The molecule has 34 heavy (non-hydrogen) atoms. The number of ether oxygens (including phenoxy) is 1. The summed E-state index contributed by atoms with van der Waals surface area (Å²) in [6, 6.07) is 10.5. The third-order valence-corrected chi connectivity index (χ3v) is 8.33. The molecule has 0 N–H and O–H groups in total. The van der Waals surface area contributed by atoms with Gasteiger partial charge < -0.3 is 4.74 Å². The van der Waals surface area contributed by atoms with Crippen LogP contribution in [0.1, 0.15) is 10.4 Å². The van der Waals surface area contributed by atoms with Crippen LogP contribution in [0.3, 0.4) is 0 Å². The Kier molecular flexibility index (Phi) is 8.61. The van der Waals surface area contributed by atoms with Gasteiger partial charge in [0.15, 0.2) is 5.13 Å². The first-order valence-corrected chi connectivity index (χ1v) is 12.7. The van der Waals surface area contributed by atoms with E-state index in [1.165, 1.54) is 60.7 Å².